The lowest BCUT2D eigenvalue weighted by Crippen LogP contribution is -2.56. The lowest BCUT2D eigenvalue weighted by molar-refractivity contribution is -0.129. The molecule has 0 radical (unpaired) electrons. The number of carbonyl (C=O) groups is 2. The molecule has 0 unspecified atom stereocenters. The summed E-state index contributed by atoms with van der Waals surface area (Å²) in [5, 5.41) is 0. The van der Waals surface area contributed by atoms with E-state index in [2.05, 4.69) is 6.58 Å². The molecule has 2 rings (SSSR count). The van der Waals surface area contributed by atoms with Crippen LogP contribution in [0.15, 0.2) is 12.2 Å². The van der Waals surface area contributed by atoms with Crippen LogP contribution < -0.4 is 0 Å². The summed E-state index contributed by atoms with van der Waals surface area (Å²) >= 11 is 0. The van der Waals surface area contributed by atoms with Crippen molar-refractivity contribution in [3.05, 3.63) is 12.2 Å². The fraction of sp³-hybridized carbons (Fsp3) is 0.714. The summed E-state index contributed by atoms with van der Waals surface area (Å²) in [5.41, 5.74) is 0.155. The first kappa shape index (κ1) is 13.9. The maximum absolute atomic E-state index is 12.1. The molecule has 1 saturated heterocycles. The Morgan fingerprint density at radius 2 is 2.32 bits per heavy atom. The van der Waals surface area contributed by atoms with E-state index in [-0.39, 0.29) is 18.6 Å². The van der Waals surface area contributed by atoms with Crippen LogP contribution in [0.5, 0.6) is 0 Å². The molecule has 1 aliphatic carbocycles. The Morgan fingerprint density at radius 1 is 1.63 bits per heavy atom. The van der Waals surface area contributed by atoms with Gasteiger partial charge in [-0.2, -0.15) is 0 Å². The maximum atomic E-state index is 12.1. The number of hydrogen-bond acceptors (Lipinski definition) is 4. The quantitative estimate of drug-likeness (QED) is 0.435. The predicted octanol–water partition coefficient (Wildman–Crippen LogP) is 2.12. The van der Waals surface area contributed by atoms with Crippen LogP contribution >= 0.6 is 0 Å². The third-order valence-electron chi connectivity index (χ3n) is 4.85. The molecule has 1 amide bonds. The number of rotatable bonds is 5. The third kappa shape index (κ3) is 1.83. The van der Waals surface area contributed by atoms with Gasteiger partial charge in [-0.3, -0.25) is 9.69 Å². The van der Waals surface area contributed by atoms with Gasteiger partial charge in [-0.1, -0.05) is 12.2 Å². The number of amides is 1. The van der Waals surface area contributed by atoms with Crippen molar-refractivity contribution in [3.63, 3.8) is 0 Å². The minimum atomic E-state index is -0.491. The first-order valence-corrected chi connectivity index (χ1v) is 6.58. The lowest BCUT2D eigenvalue weighted by Gasteiger charge is -2.41. The van der Waals surface area contributed by atoms with Gasteiger partial charge in [-0.25, -0.2) is 4.79 Å². The van der Waals surface area contributed by atoms with Crippen LogP contribution in [0.3, 0.4) is 0 Å². The average Bonchev–Trinajstić information content (AvgIpc) is 2.67. The highest BCUT2D eigenvalue weighted by molar-refractivity contribution is 5.73. The van der Waals surface area contributed by atoms with Gasteiger partial charge in [0, 0.05) is 5.92 Å². The molecule has 1 aliphatic heterocycles. The Bertz CT molecular complexity index is 422. The highest BCUT2D eigenvalue weighted by Crippen LogP contribution is 2.55. The second kappa shape index (κ2) is 4.54. The lowest BCUT2D eigenvalue weighted by atomic mass is 9.77. The van der Waals surface area contributed by atoms with E-state index < -0.39 is 11.1 Å². The molecule has 1 heterocycles. The molecule has 0 aromatic rings. The maximum Gasteiger partial charge on any atom is 0.411 e. The van der Waals surface area contributed by atoms with E-state index in [1.807, 2.05) is 20.8 Å². The molecule has 5 heteroatoms. The summed E-state index contributed by atoms with van der Waals surface area (Å²) in [7, 11) is 0. The summed E-state index contributed by atoms with van der Waals surface area (Å²) in [5.74, 6) is 0.209. The zero-order chi connectivity index (χ0) is 14.3. The van der Waals surface area contributed by atoms with Crippen LogP contribution in [0.25, 0.3) is 0 Å². The molecule has 1 saturated carbocycles. The summed E-state index contributed by atoms with van der Waals surface area (Å²) < 4.78 is 10.3. The monoisotopic (exact) mass is 267 g/mol. The number of ether oxygens (including phenoxy) is 2. The molecule has 19 heavy (non-hydrogen) atoms. The molecule has 5 nitrogen and oxygen atoms in total. The average molecular weight is 267 g/mol. The number of carbonyl (C=O) groups excluding carboxylic acids is 2. The van der Waals surface area contributed by atoms with Crippen molar-refractivity contribution in [2.24, 2.45) is 5.92 Å². The van der Waals surface area contributed by atoms with E-state index in [0.717, 1.165) is 18.4 Å². The molecule has 0 aromatic heterocycles. The normalized spacial score (nSPS) is 36.9. The van der Waals surface area contributed by atoms with Gasteiger partial charge in [-0.05, 0) is 33.6 Å². The van der Waals surface area contributed by atoms with E-state index in [4.69, 9.17) is 9.47 Å². The first-order valence-electron chi connectivity index (χ1n) is 6.58. The molecule has 0 spiro atoms. The molecular weight excluding hydrogens is 246 g/mol. The summed E-state index contributed by atoms with van der Waals surface area (Å²) in [4.78, 5) is 24.0. The van der Waals surface area contributed by atoms with Crippen molar-refractivity contribution >= 4 is 12.6 Å². The molecule has 0 bridgehead atoms. The van der Waals surface area contributed by atoms with Crippen molar-refractivity contribution in [1.82, 2.24) is 4.90 Å². The van der Waals surface area contributed by atoms with Crippen molar-refractivity contribution in [3.8, 4) is 0 Å². The van der Waals surface area contributed by atoms with Gasteiger partial charge in [0.1, 0.15) is 12.2 Å². The SMILES string of the molecule is C=C(C)[C@@H]1CC[C@@]2(C)OC(=O)N(CCOC=O)[C@@]12C. The van der Waals surface area contributed by atoms with Gasteiger partial charge >= 0.3 is 6.09 Å². The number of nitrogens with zero attached hydrogens (tertiary/aromatic N) is 1. The van der Waals surface area contributed by atoms with E-state index >= 15 is 0 Å². The van der Waals surface area contributed by atoms with Crippen LogP contribution in [0, 0.1) is 5.92 Å². The molecule has 0 aromatic carbocycles. The van der Waals surface area contributed by atoms with Crippen LogP contribution in [-0.2, 0) is 14.3 Å². The topological polar surface area (TPSA) is 55.8 Å². The van der Waals surface area contributed by atoms with Crippen LogP contribution in [0.4, 0.5) is 4.79 Å². The van der Waals surface area contributed by atoms with E-state index in [9.17, 15) is 9.59 Å². The minimum absolute atomic E-state index is 0.188. The molecule has 3 atom stereocenters. The van der Waals surface area contributed by atoms with Gasteiger partial charge in [-0.15, -0.1) is 0 Å². The second-order valence-corrected chi connectivity index (χ2v) is 5.80. The molecule has 2 aliphatic rings. The smallest absolute Gasteiger partial charge is 0.411 e. The van der Waals surface area contributed by atoms with Crippen molar-refractivity contribution in [1.29, 1.82) is 0 Å². The third-order valence-corrected chi connectivity index (χ3v) is 4.85. The largest absolute Gasteiger partial charge is 0.466 e. The van der Waals surface area contributed by atoms with Crippen molar-refractivity contribution in [2.75, 3.05) is 13.2 Å². The Hall–Kier alpha value is -1.52. The number of hydrogen-bond donors (Lipinski definition) is 0. The Labute approximate surface area is 113 Å². The Morgan fingerprint density at radius 3 is 2.89 bits per heavy atom. The van der Waals surface area contributed by atoms with Crippen LogP contribution in [-0.4, -0.2) is 41.8 Å². The summed E-state index contributed by atoms with van der Waals surface area (Å²) in [6.45, 7) is 11.0. The van der Waals surface area contributed by atoms with Gasteiger partial charge in [0.05, 0.1) is 12.1 Å². The minimum Gasteiger partial charge on any atom is -0.466 e. The molecule has 2 fully saturated rings. The highest BCUT2D eigenvalue weighted by atomic mass is 16.6. The van der Waals surface area contributed by atoms with Crippen molar-refractivity contribution < 1.29 is 19.1 Å². The van der Waals surface area contributed by atoms with Gasteiger partial charge in [0.15, 0.2) is 0 Å². The first-order chi connectivity index (χ1) is 8.87. The fourth-order valence-electron chi connectivity index (χ4n) is 3.63. The highest BCUT2D eigenvalue weighted by Gasteiger charge is 2.66. The molecule has 0 N–H and O–H groups in total. The summed E-state index contributed by atoms with van der Waals surface area (Å²) in [6.07, 6.45) is 1.46. The predicted molar refractivity (Wildman–Crippen MR) is 69.6 cm³/mol. The fourth-order valence-corrected chi connectivity index (χ4v) is 3.63. The van der Waals surface area contributed by atoms with Gasteiger partial charge < -0.3 is 9.47 Å². The van der Waals surface area contributed by atoms with Crippen molar-refractivity contribution in [2.45, 2.75) is 44.8 Å². The Kier molecular flexibility index (Phi) is 3.32. The van der Waals surface area contributed by atoms with Crippen LogP contribution in [0.2, 0.25) is 0 Å². The van der Waals surface area contributed by atoms with Gasteiger partial charge in [0.2, 0.25) is 0 Å². The van der Waals surface area contributed by atoms with E-state index in [1.165, 1.54) is 0 Å². The molecule has 106 valence electrons. The molecular formula is C14H21NO4. The number of fused-ring (bicyclic) bond motifs is 1. The van der Waals surface area contributed by atoms with Crippen LogP contribution in [0.1, 0.15) is 33.6 Å². The zero-order valence-electron chi connectivity index (χ0n) is 11.8. The van der Waals surface area contributed by atoms with Gasteiger partial charge in [0.25, 0.3) is 6.47 Å². The van der Waals surface area contributed by atoms with E-state index in [0.29, 0.717) is 13.0 Å². The van der Waals surface area contributed by atoms with E-state index in [1.54, 1.807) is 4.90 Å². The second-order valence-electron chi connectivity index (χ2n) is 5.80. The summed E-state index contributed by atoms with van der Waals surface area (Å²) in [6, 6.07) is 0. The zero-order valence-corrected chi connectivity index (χ0v) is 11.8. The Balaban J connectivity index is 2.29. The standard InChI is InChI=1S/C14H21NO4/c1-10(2)11-5-6-13(3)14(11,4)15(12(17)19-13)7-8-18-9-16/h9,11H,1,5-8H2,2-4H3/t11-,13+,14-/m0/s1.